The number of benzene rings is 1. The second-order valence-electron chi connectivity index (χ2n) is 5.65. The van der Waals surface area contributed by atoms with Gasteiger partial charge in [0.15, 0.2) is 5.96 Å². The first-order chi connectivity index (χ1) is 11.5. The summed E-state index contributed by atoms with van der Waals surface area (Å²) in [5.41, 5.74) is 0. The van der Waals surface area contributed by atoms with Crippen LogP contribution >= 0.6 is 24.0 Å². The van der Waals surface area contributed by atoms with Crippen LogP contribution in [0.4, 0.5) is 4.39 Å². The highest BCUT2D eigenvalue weighted by molar-refractivity contribution is 14.0. The molecule has 0 aliphatic heterocycles. The summed E-state index contributed by atoms with van der Waals surface area (Å²) < 4.78 is 24.2. The molecule has 2 unspecified atom stereocenters. The van der Waals surface area contributed by atoms with Crippen molar-refractivity contribution in [2.75, 3.05) is 13.6 Å². The molecule has 1 heterocycles. The summed E-state index contributed by atoms with van der Waals surface area (Å²) in [6, 6.07) is 9.85. The molecule has 0 fully saturated rings. The molecule has 25 heavy (non-hydrogen) atoms. The van der Waals surface area contributed by atoms with Gasteiger partial charge in [-0.3, -0.25) is 4.99 Å². The van der Waals surface area contributed by atoms with E-state index in [9.17, 15) is 4.39 Å². The molecular weight excluding hydrogens is 436 g/mol. The van der Waals surface area contributed by atoms with Crippen LogP contribution < -0.4 is 15.4 Å². The van der Waals surface area contributed by atoms with E-state index < -0.39 is 0 Å². The zero-order valence-corrected chi connectivity index (χ0v) is 17.2. The van der Waals surface area contributed by atoms with Gasteiger partial charge in [0.1, 0.15) is 29.2 Å². The van der Waals surface area contributed by atoms with Crippen LogP contribution in [0.15, 0.2) is 45.8 Å². The number of hydrogen-bond acceptors (Lipinski definition) is 3. The van der Waals surface area contributed by atoms with Crippen LogP contribution in [0.1, 0.15) is 31.4 Å². The zero-order chi connectivity index (χ0) is 17.5. The van der Waals surface area contributed by atoms with Gasteiger partial charge in [0.2, 0.25) is 0 Å². The van der Waals surface area contributed by atoms with Gasteiger partial charge < -0.3 is 19.8 Å². The van der Waals surface area contributed by atoms with Crippen LogP contribution in [0.3, 0.4) is 0 Å². The van der Waals surface area contributed by atoms with Crippen molar-refractivity contribution in [1.82, 2.24) is 10.6 Å². The summed E-state index contributed by atoms with van der Waals surface area (Å²) in [7, 11) is 1.71. The highest BCUT2D eigenvalue weighted by atomic mass is 127. The topological polar surface area (TPSA) is 58.8 Å². The van der Waals surface area contributed by atoms with Gasteiger partial charge in [-0.1, -0.05) is 0 Å². The molecule has 2 N–H and O–H groups in total. The number of aliphatic imine (C=N–C) groups is 1. The third kappa shape index (κ3) is 6.93. The molecule has 138 valence electrons. The smallest absolute Gasteiger partial charge is 0.191 e. The van der Waals surface area contributed by atoms with Crippen LogP contribution in [0.2, 0.25) is 0 Å². The summed E-state index contributed by atoms with van der Waals surface area (Å²) >= 11 is 0. The molecular formula is C18H25FIN3O2. The lowest BCUT2D eigenvalue weighted by Gasteiger charge is -2.19. The van der Waals surface area contributed by atoms with E-state index in [2.05, 4.69) is 15.6 Å². The summed E-state index contributed by atoms with van der Waals surface area (Å²) in [6.45, 7) is 6.41. The minimum Gasteiger partial charge on any atom is -0.489 e. The summed E-state index contributed by atoms with van der Waals surface area (Å²) in [6.07, 6.45) is -0.102. The third-order valence-corrected chi connectivity index (χ3v) is 3.47. The standard InChI is InChI=1S/C18H24FN3O2.HI/c1-12-5-10-17(24-12)14(3)22-18(20-4)21-11-13(2)23-16-8-6-15(19)7-9-16;/h5-10,13-14H,11H2,1-4H3,(H2,20,21,22);1H. The van der Waals surface area contributed by atoms with Gasteiger partial charge in [-0.15, -0.1) is 24.0 Å². The van der Waals surface area contributed by atoms with Gasteiger partial charge in [0.25, 0.3) is 0 Å². The predicted octanol–water partition coefficient (Wildman–Crippen LogP) is 4.04. The fraction of sp³-hybridized carbons (Fsp3) is 0.389. The largest absolute Gasteiger partial charge is 0.489 e. The molecule has 0 aliphatic carbocycles. The highest BCUT2D eigenvalue weighted by Gasteiger charge is 2.12. The van der Waals surface area contributed by atoms with E-state index in [4.69, 9.17) is 9.15 Å². The van der Waals surface area contributed by atoms with Crippen molar-refractivity contribution in [2.24, 2.45) is 4.99 Å². The summed E-state index contributed by atoms with van der Waals surface area (Å²) in [5.74, 6) is 2.74. The number of nitrogens with one attached hydrogen (secondary N) is 2. The monoisotopic (exact) mass is 461 g/mol. The maximum absolute atomic E-state index is 12.9. The number of rotatable bonds is 6. The molecule has 0 radical (unpaired) electrons. The SMILES string of the molecule is CN=C(NCC(C)Oc1ccc(F)cc1)NC(C)c1ccc(C)o1.I. The molecule has 2 rings (SSSR count). The maximum Gasteiger partial charge on any atom is 0.191 e. The van der Waals surface area contributed by atoms with E-state index >= 15 is 0 Å². The molecule has 0 saturated heterocycles. The van der Waals surface area contributed by atoms with E-state index in [0.29, 0.717) is 18.3 Å². The molecule has 0 spiro atoms. The Morgan fingerprint density at radius 2 is 1.88 bits per heavy atom. The fourth-order valence-corrected chi connectivity index (χ4v) is 2.18. The Morgan fingerprint density at radius 1 is 1.20 bits per heavy atom. The van der Waals surface area contributed by atoms with Gasteiger partial charge in [-0.05, 0) is 57.2 Å². The molecule has 2 aromatic rings. The minimum absolute atomic E-state index is 0. The third-order valence-electron chi connectivity index (χ3n) is 3.47. The van der Waals surface area contributed by atoms with Crippen LogP contribution in [0.5, 0.6) is 5.75 Å². The molecule has 1 aromatic carbocycles. The first kappa shape index (κ1) is 21.3. The number of hydrogen-bond donors (Lipinski definition) is 2. The predicted molar refractivity (Wildman–Crippen MR) is 108 cm³/mol. The van der Waals surface area contributed by atoms with Gasteiger partial charge in [0, 0.05) is 7.05 Å². The molecule has 0 bridgehead atoms. The number of ether oxygens (including phenoxy) is 1. The van der Waals surface area contributed by atoms with Crippen molar-refractivity contribution in [1.29, 1.82) is 0 Å². The lowest BCUT2D eigenvalue weighted by atomic mass is 10.2. The zero-order valence-electron chi connectivity index (χ0n) is 14.9. The number of furan rings is 1. The molecule has 0 amide bonds. The first-order valence-electron chi connectivity index (χ1n) is 7.93. The van der Waals surface area contributed by atoms with Crippen LogP contribution in [0, 0.1) is 12.7 Å². The number of halogens is 2. The Hall–Kier alpha value is -1.77. The molecule has 0 saturated carbocycles. The number of nitrogens with zero attached hydrogens (tertiary/aromatic N) is 1. The quantitative estimate of drug-likeness (QED) is 0.388. The van der Waals surface area contributed by atoms with Crippen molar-refractivity contribution in [3.05, 3.63) is 53.7 Å². The maximum atomic E-state index is 12.9. The Labute approximate surface area is 165 Å². The summed E-state index contributed by atoms with van der Waals surface area (Å²) in [5, 5.41) is 6.47. The van der Waals surface area contributed by atoms with Crippen LogP contribution in [-0.2, 0) is 0 Å². The van der Waals surface area contributed by atoms with Crippen molar-refractivity contribution < 1.29 is 13.5 Å². The second kappa shape index (κ2) is 10.3. The average molecular weight is 461 g/mol. The van der Waals surface area contributed by atoms with Gasteiger partial charge >= 0.3 is 0 Å². The van der Waals surface area contributed by atoms with E-state index in [1.165, 1.54) is 12.1 Å². The van der Waals surface area contributed by atoms with Crippen molar-refractivity contribution >= 4 is 29.9 Å². The lowest BCUT2D eigenvalue weighted by molar-refractivity contribution is 0.223. The number of guanidine groups is 1. The van der Waals surface area contributed by atoms with Crippen molar-refractivity contribution in [3.8, 4) is 5.75 Å². The van der Waals surface area contributed by atoms with Gasteiger partial charge in [-0.2, -0.15) is 0 Å². The van der Waals surface area contributed by atoms with E-state index in [1.807, 2.05) is 32.9 Å². The molecule has 2 atom stereocenters. The van der Waals surface area contributed by atoms with Crippen LogP contribution in [0.25, 0.3) is 0 Å². The first-order valence-corrected chi connectivity index (χ1v) is 7.93. The van der Waals surface area contributed by atoms with Crippen molar-refractivity contribution in [2.45, 2.75) is 32.9 Å². The van der Waals surface area contributed by atoms with E-state index in [0.717, 1.165) is 11.5 Å². The van der Waals surface area contributed by atoms with Crippen molar-refractivity contribution in [3.63, 3.8) is 0 Å². The fourth-order valence-electron chi connectivity index (χ4n) is 2.18. The highest BCUT2D eigenvalue weighted by Crippen LogP contribution is 2.15. The van der Waals surface area contributed by atoms with Gasteiger partial charge in [-0.25, -0.2) is 4.39 Å². The minimum atomic E-state index is -0.278. The van der Waals surface area contributed by atoms with Gasteiger partial charge in [0.05, 0.1) is 12.6 Å². The Morgan fingerprint density at radius 3 is 2.44 bits per heavy atom. The molecule has 1 aromatic heterocycles. The summed E-state index contributed by atoms with van der Waals surface area (Å²) in [4.78, 5) is 4.20. The van der Waals surface area contributed by atoms with Crippen LogP contribution in [-0.4, -0.2) is 25.7 Å². The van der Waals surface area contributed by atoms with E-state index in [1.54, 1.807) is 19.2 Å². The molecule has 0 aliphatic rings. The Bertz CT molecular complexity index is 673. The molecule has 7 heteroatoms. The average Bonchev–Trinajstić information content (AvgIpc) is 3.00. The Balaban J connectivity index is 0.00000312. The lowest BCUT2D eigenvalue weighted by Crippen LogP contribution is -2.42. The second-order valence-corrected chi connectivity index (χ2v) is 5.65. The Kier molecular flexibility index (Phi) is 8.74. The molecule has 5 nitrogen and oxygen atoms in total. The van der Waals surface area contributed by atoms with E-state index in [-0.39, 0.29) is 41.9 Å². The normalized spacial score (nSPS) is 13.6. The number of aryl methyl sites for hydroxylation is 1.